The SMILES string of the molecule is CCOOC(C)=N. The summed E-state index contributed by atoms with van der Waals surface area (Å²) in [6.07, 6.45) is 0. The van der Waals surface area contributed by atoms with Gasteiger partial charge in [-0.3, -0.25) is 5.41 Å². The van der Waals surface area contributed by atoms with Crippen molar-refractivity contribution in [1.29, 1.82) is 5.41 Å². The van der Waals surface area contributed by atoms with E-state index in [2.05, 4.69) is 9.78 Å². The minimum atomic E-state index is 0.0850. The van der Waals surface area contributed by atoms with Crippen LogP contribution in [0.2, 0.25) is 0 Å². The van der Waals surface area contributed by atoms with Gasteiger partial charge in [0.25, 0.3) is 0 Å². The summed E-state index contributed by atoms with van der Waals surface area (Å²) in [5, 5.41) is 6.65. The van der Waals surface area contributed by atoms with Gasteiger partial charge < -0.3 is 4.89 Å². The van der Waals surface area contributed by atoms with E-state index in [-0.39, 0.29) is 5.90 Å². The molecule has 3 nitrogen and oxygen atoms in total. The summed E-state index contributed by atoms with van der Waals surface area (Å²) < 4.78 is 0. The zero-order chi connectivity index (χ0) is 5.70. The Kier molecular flexibility index (Phi) is 3.32. The molecule has 0 radical (unpaired) electrons. The van der Waals surface area contributed by atoms with E-state index in [0.29, 0.717) is 6.61 Å². The molecule has 0 aromatic heterocycles. The van der Waals surface area contributed by atoms with Gasteiger partial charge in [-0.1, -0.05) is 0 Å². The third kappa shape index (κ3) is 5.43. The quantitative estimate of drug-likeness (QED) is 0.245. The average molecular weight is 103 g/mol. The van der Waals surface area contributed by atoms with Gasteiger partial charge in [-0.25, -0.2) is 0 Å². The summed E-state index contributed by atoms with van der Waals surface area (Å²) in [6, 6.07) is 0. The van der Waals surface area contributed by atoms with Crippen LogP contribution in [0.5, 0.6) is 0 Å². The van der Waals surface area contributed by atoms with Crippen LogP contribution >= 0.6 is 0 Å². The van der Waals surface area contributed by atoms with Crippen molar-refractivity contribution in [2.45, 2.75) is 13.8 Å². The molecule has 0 atom stereocenters. The summed E-state index contributed by atoms with van der Waals surface area (Å²) in [4.78, 5) is 8.64. The highest BCUT2D eigenvalue weighted by atomic mass is 17.2. The van der Waals surface area contributed by atoms with Crippen molar-refractivity contribution in [1.82, 2.24) is 0 Å². The van der Waals surface area contributed by atoms with E-state index in [4.69, 9.17) is 5.41 Å². The molecule has 0 bridgehead atoms. The molecule has 0 saturated heterocycles. The van der Waals surface area contributed by atoms with Gasteiger partial charge in [0.2, 0.25) is 5.90 Å². The van der Waals surface area contributed by atoms with Crippen molar-refractivity contribution >= 4 is 5.90 Å². The van der Waals surface area contributed by atoms with Crippen LogP contribution in [-0.4, -0.2) is 12.5 Å². The molecule has 0 saturated carbocycles. The Balaban J connectivity index is 2.82. The monoisotopic (exact) mass is 103 g/mol. The van der Waals surface area contributed by atoms with Gasteiger partial charge in [0.15, 0.2) is 0 Å². The van der Waals surface area contributed by atoms with Gasteiger partial charge in [0.1, 0.15) is 0 Å². The van der Waals surface area contributed by atoms with E-state index in [1.807, 2.05) is 0 Å². The lowest BCUT2D eigenvalue weighted by atomic mass is 10.8. The fourth-order valence-electron chi connectivity index (χ4n) is 0.147. The molecular formula is C4H9NO2. The molecule has 0 aliphatic carbocycles. The van der Waals surface area contributed by atoms with Crippen molar-refractivity contribution < 1.29 is 9.78 Å². The molecule has 0 rings (SSSR count). The van der Waals surface area contributed by atoms with Crippen LogP contribution in [-0.2, 0) is 9.78 Å². The number of rotatable bonds is 2. The van der Waals surface area contributed by atoms with E-state index in [1.54, 1.807) is 6.92 Å². The number of hydrogen-bond donors (Lipinski definition) is 1. The first-order valence-electron chi connectivity index (χ1n) is 2.12. The third-order valence-electron chi connectivity index (χ3n) is 0.302. The summed E-state index contributed by atoms with van der Waals surface area (Å²) in [7, 11) is 0. The van der Waals surface area contributed by atoms with Crippen molar-refractivity contribution in [3.8, 4) is 0 Å². The topological polar surface area (TPSA) is 42.3 Å². The van der Waals surface area contributed by atoms with E-state index in [0.717, 1.165) is 0 Å². The second kappa shape index (κ2) is 3.61. The van der Waals surface area contributed by atoms with Gasteiger partial charge in [0.05, 0.1) is 6.61 Å². The second-order valence-electron chi connectivity index (χ2n) is 1.05. The van der Waals surface area contributed by atoms with Gasteiger partial charge in [-0.15, -0.1) is 0 Å². The standard InChI is InChI=1S/C4H9NO2/c1-3-6-7-4(2)5/h5H,3H2,1-2H3. The van der Waals surface area contributed by atoms with Crippen LogP contribution in [0, 0.1) is 5.41 Å². The van der Waals surface area contributed by atoms with E-state index >= 15 is 0 Å². The molecule has 0 spiro atoms. The molecule has 0 amide bonds. The van der Waals surface area contributed by atoms with E-state index < -0.39 is 0 Å². The third-order valence-corrected chi connectivity index (χ3v) is 0.302. The average Bonchev–Trinajstić information content (AvgIpc) is 1.61. The lowest BCUT2D eigenvalue weighted by molar-refractivity contribution is -0.218. The fraction of sp³-hybridized carbons (Fsp3) is 0.750. The Labute approximate surface area is 42.7 Å². The first kappa shape index (κ1) is 6.43. The molecule has 0 aliphatic heterocycles. The largest absolute Gasteiger partial charge is 0.323 e. The highest BCUT2D eigenvalue weighted by Crippen LogP contribution is 1.76. The predicted octanol–water partition coefficient (Wildman–Crippen LogP) is 0.952. The zero-order valence-corrected chi connectivity index (χ0v) is 4.52. The Morgan fingerprint density at radius 3 is 2.43 bits per heavy atom. The summed E-state index contributed by atoms with van der Waals surface area (Å²) >= 11 is 0. The van der Waals surface area contributed by atoms with Crippen LogP contribution in [0.1, 0.15) is 13.8 Å². The Hall–Kier alpha value is -0.570. The minimum absolute atomic E-state index is 0.0850. The van der Waals surface area contributed by atoms with Crippen LogP contribution in [0.4, 0.5) is 0 Å². The van der Waals surface area contributed by atoms with Gasteiger partial charge >= 0.3 is 0 Å². The fourth-order valence-corrected chi connectivity index (χ4v) is 0.147. The molecule has 42 valence electrons. The molecule has 0 aromatic carbocycles. The van der Waals surface area contributed by atoms with Crippen LogP contribution in [0.15, 0.2) is 0 Å². The van der Waals surface area contributed by atoms with E-state index in [9.17, 15) is 0 Å². The molecule has 1 N–H and O–H groups in total. The summed E-state index contributed by atoms with van der Waals surface area (Å²) in [5.41, 5.74) is 0. The van der Waals surface area contributed by atoms with Crippen LogP contribution in [0.25, 0.3) is 0 Å². The second-order valence-corrected chi connectivity index (χ2v) is 1.05. The van der Waals surface area contributed by atoms with Crippen molar-refractivity contribution in [2.24, 2.45) is 0 Å². The lowest BCUT2D eigenvalue weighted by Gasteiger charge is -1.95. The minimum Gasteiger partial charge on any atom is -0.323 e. The Morgan fingerprint density at radius 1 is 1.71 bits per heavy atom. The molecule has 0 unspecified atom stereocenters. The number of nitrogens with one attached hydrogen (secondary N) is 1. The predicted molar refractivity (Wildman–Crippen MR) is 26.1 cm³/mol. The molecule has 0 aromatic rings. The highest BCUT2D eigenvalue weighted by Gasteiger charge is 1.81. The van der Waals surface area contributed by atoms with Crippen molar-refractivity contribution in [3.63, 3.8) is 0 Å². The molecule has 7 heavy (non-hydrogen) atoms. The van der Waals surface area contributed by atoms with Crippen molar-refractivity contribution in [2.75, 3.05) is 6.61 Å². The number of hydrogen-bond acceptors (Lipinski definition) is 3. The zero-order valence-electron chi connectivity index (χ0n) is 4.52. The first-order chi connectivity index (χ1) is 3.27. The highest BCUT2D eigenvalue weighted by molar-refractivity contribution is 5.68. The maximum atomic E-state index is 6.65. The van der Waals surface area contributed by atoms with Gasteiger partial charge in [-0.05, 0) is 6.92 Å². The smallest absolute Gasteiger partial charge is 0.221 e. The lowest BCUT2D eigenvalue weighted by Crippen LogP contribution is -1.97. The van der Waals surface area contributed by atoms with Crippen molar-refractivity contribution in [3.05, 3.63) is 0 Å². The molecule has 0 heterocycles. The van der Waals surface area contributed by atoms with E-state index in [1.165, 1.54) is 6.92 Å². The molecule has 0 aliphatic rings. The maximum Gasteiger partial charge on any atom is 0.221 e. The molecule has 0 fully saturated rings. The Morgan fingerprint density at radius 2 is 2.29 bits per heavy atom. The molecule has 3 heteroatoms. The van der Waals surface area contributed by atoms with Gasteiger partial charge in [0, 0.05) is 6.92 Å². The maximum absolute atomic E-state index is 6.65. The summed E-state index contributed by atoms with van der Waals surface area (Å²) in [5.74, 6) is 0.0850. The van der Waals surface area contributed by atoms with Crippen LogP contribution in [0.3, 0.4) is 0 Å². The Bertz CT molecular complexity index is 62.7. The van der Waals surface area contributed by atoms with Crippen LogP contribution < -0.4 is 0 Å². The molecular weight excluding hydrogens is 94.0 g/mol. The first-order valence-corrected chi connectivity index (χ1v) is 2.12. The normalized spacial score (nSPS) is 8.29. The van der Waals surface area contributed by atoms with Gasteiger partial charge in [-0.2, -0.15) is 4.89 Å². The summed E-state index contributed by atoms with van der Waals surface area (Å²) in [6.45, 7) is 3.79.